The van der Waals surface area contributed by atoms with Crippen molar-refractivity contribution in [3.63, 3.8) is 0 Å². The standard InChI is InChI=1S/C12H18N2O5S/c1-13-11-5-4-9(8-10(11)12(15)16)20(17,18)14-6-3-7-19-2/h4-5,8,13-14H,3,6-7H2,1-2H3,(H,15,16). The number of sulfonamides is 1. The number of carbonyl (C=O) groups is 1. The number of methoxy groups -OCH3 is 1. The van der Waals surface area contributed by atoms with Crippen LogP contribution in [-0.4, -0.2) is 46.8 Å². The average molecular weight is 302 g/mol. The minimum Gasteiger partial charge on any atom is -0.478 e. The first kappa shape index (κ1) is 16.4. The molecule has 0 fully saturated rings. The molecule has 3 N–H and O–H groups in total. The van der Waals surface area contributed by atoms with E-state index in [0.29, 0.717) is 18.7 Å². The topological polar surface area (TPSA) is 105 Å². The maximum atomic E-state index is 12.0. The highest BCUT2D eigenvalue weighted by atomic mass is 32.2. The molecule has 0 heterocycles. The van der Waals surface area contributed by atoms with Gasteiger partial charge in [-0.3, -0.25) is 0 Å². The highest BCUT2D eigenvalue weighted by Gasteiger charge is 2.18. The summed E-state index contributed by atoms with van der Waals surface area (Å²) < 4.78 is 31.2. The molecule has 0 aliphatic carbocycles. The van der Waals surface area contributed by atoms with Crippen LogP contribution in [-0.2, 0) is 14.8 Å². The molecule has 0 radical (unpaired) electrons. The van der Waals surface area contributed by atoms with E-state index >= 15 is 0 Å². The number of rotatable bonds is 8. The Balaban J connectivity index is 2.95. The van der Waals surface area contributed by atoms with Crippen molar-refractivity contribution >= 4 is 21.7 Å². The third-order valence-electron chi connectivity index (χ3n) is 2.62. The SMILES string of the molecule is CNc1ccc(S(=O)(=O)NCCCOC)cc1C(=O)O. The van der Waals surface area contributed by atoms with Gasteiger partial charge in [0.2, 0.25) is 10.0 Å². The fourth-order valence-electron chi connectivity index (χ4n) is 1.59. The normalized spacial score (nSPS) is 11.3. The maximum absolute atomic E-state index is 12.0. The van der Waals surface area contributed by atoms with Gasteiger partial charge in [0.1, 0.15) is 0 Å². The van der Waals surface area contributed by atoms with Crippen LogP contribution in [0.3, 0.4) is 0 Å². The average Bonchev–Trinajstić information content (AvgIpc) is 2.42. The lowest BCUT2D eigenvalue weighted by atomic mass is 10.2. The van der Waals surface area contributed by atoms with Gasteiger partial charge in [0, 0.05) is 33.0 Å². The summed E-state index contributed by atoms with van der Waals surface area (Å²) in [5.74, 6) is -1.19. The summed E-state index contributed by atoms with van der Waals surface area (Å²) in [6.45, 7) is 0.675. The van der Waals surface area contributed by atoms with Crippen LogP contribution in [0.4, 0.5) is 5.69 Å². The van der Waals surface area contributed by atoms with E-state index in [9.17, 15) is 13.2 Å². The van der Waals surface area contributed by atoms with E-state index in [1.165, 1.54) is 19.2 Å². The Bertz CT molecular complexity index is 571. The third kappa shape index (κ3) is 4.19. The molecule has 8 heteroatoms. The van der Waals surface area contributed by atoms with Gasteiger partial charge in [-0.15, -0.1) is 0 Å². The minimum absolute atomic E-state index is 0.0775. The molecule has 0 bridgehead atoms. The van der Waals surface area contributed by atoms with E-state index in [2.05, 4.69) is 10.0 Å². The van der Waals surface area contributed by atoms with Gasteiger partial charge in [0.05, 0.1) is 10.5 Å². The van der Waals surface area contributed by atoms with E-state index in [4.69, 9.17) is 9.84 Å². The van der Waals surface area contributed by atoms with Gasteiger partial charge < -0.3 is 15.2 Å². The van der Waals surface area contributed by atoms with E-state index in [1.54, 1.807) is 7.05 Å². The Kier molecular flexibility index (Phi) is 5.93. The molecule has 0 aliphatic heterocycles. The monoisotopic (exact) mass is 302 g/mol. The van der Waals surface area contributed by atoms with Crippen LogP contribution in [0.5, 0.6) is 0 Å². The molecule has 0 aliphatic rings. The predicted octanol–water partition coefficient (Wildman–Crippen LogP) is 0.741. The maximum Gasteiger partial charge on any atom is 0.337 e. The van der Waals surface area contributed by atoms with Gasteiger partial charge in [-0.1, -0.05) is 0 Å². The summed E-state index contributed by atoms with van der Waals surface area (Å²) in [6, 6.07) is 3.91. The smallest absolute Gasteiger partial charge is 0.337 e. The summed E-state index contributed by atoms with van der Waals surface area (Å²) in [5.41, 5.74) is 0.267. The quantitative estimate of drug-likeness (QED) is 0.612. The summed E-state index contributed by atoms with van der Waals surface area (Å²) >= 11 is 0. The molecule has 0 atom stereocenters. The summed E-state index contributed by atoms with van der Waals surface area (Å²) in [5, 5.41) is 11.8. The van der Waals surface area contributed by atoms with E-state index < -0.39 is 16.0 Å². The summed E-state index contributed by atoms with van der Waals surface area (Å²) in [6.07, 6.45) is 0.538. The number of carboxylic acid groups (broad SMARTS) is 1. The Morgan fingerprint density at radius 1 is 1.40 bits per heavy atom. The van der Waals surface area contributed by atoms with E-state index in [1.807, 2.05) is 0 Å². The lowest BCUT2D eigenvalue weighted by Gasteiger charge is -2.10. The largest absolute Gasteiger partial charge is 0.478 e. The van der Waals surface area contributed by atoms with Gasteiger partial charge in [0.15, 0.2) is 0 Å². The van der Waals surface area contributed by atoms with Gasteiger partial charge in [-0.2, -0.15) is 0 Å². The van der Waals surface area contributed by atoms with Gasteiger partial charge in [-0.05, 0) is 24.6 Å². The number of hydrogen-bond acceptors (Lipinski definition) is 5. The highest BCUT2D eigenvalue weighted by Crippen LogP contribution is 2.20. The van der Waals surface area contributed by atoms with Crippen LogP contribution >= 0.6 is 0 Å². The number of nitrogens with one attached hydrogen (secondary N) is 2. The fourth-order valence-corrected chi connectivity index (χ4v) is 2.69. The van der Waals surface area contributed by atoms with Crippen molar-refractivity contribution in [1.82, 2.24) is 4.72 Å². The Morgan fingerprint density at radius 2 is 2.10 bits per heavy atom. The van der Waals surface area contributed by atoms with Gasteiger partial charge in [-0.25, -0.2) is 17.9 Å². The molecule has 0 aromatic heterocycles. The highest BCUT2D eigenvalue weighted by molar-refractivity contribution is 7.89. The van der Waals surface area contributed by atoms with Gasteiger partial charge >= 0.3 is 5.97 Å². The first-order valence-electron chi connectivity index (χ1n) is 5.96. The number of benzene rings is 1. The first-order valence-corrected chi connectivity index (χ1v) is 7.44. The number of ether oxygens (including phenoxy) is 1. The van der Waals surface area contributed by atoms with E-state index in [-0.39, 0.29) is 17.0 Å². The zero-order chi connectivity index (χ0) is 15.2. The number of anilines is 1. The zero-order valence-corrected chi connectivity index (χ0v) is 12.2. The van der Waals surface area contributed by atoms with Crippen LogP contribution in [0.1, 0.15) is 16.8 Å². The molecule has 112 valence electrons. The molecule has 0 saturated carbocycles. The Labute approximate surface area is 118 Å². The summed E-state index contributed by atoms with van der Waals surface area (Å²) in [4.78, 5) is 11.0. The van der Waals surface area contributed by atoms with Crippen LogP contribution in [0.25, 0.3) is 0 Å². The van der Waals surface area contributed by atoms with Crippen molar-refractivity contribution in [3.05, 3.63) is 23.8 Å². The molecule has 1 aromatic carbocycles. The Morgan fingerprint density at radius 3 is 2.65 bits per heavy atom. The van der Waals surface area contributed by atoms with Crippen molar-refractivity contribution in [1.29, 1.82) is 0 Å². The molecular weight excluding hydrogens is 284 g/mol. The molecular formula is C12H18N2O5S. The second kappa shape index (κ2) is 7.22. The van der Waals surface area contributed by atoms with Crippen molar-refractivity contribution in [2.24, 2.45) is 0 Å². The van der Waals surface area contributed by atoms with Crippen LogP contribution in [0.15, 0.2) is 23.1 Å². The molecule has 7 nitrogen and oxygen atoms in total. The molecule has 0 saturated heterocycles. The predicted molar refractivity (Wildman–Crippen MR) is 74.6 cm³/mol. The zero-order valence-electron chi connectivity index (χ0n) is 11.3. The lowest BCUT2D eigenvalue weighted by molar-refractivity contribution is 0.0697. The second-order valence-electron chi connectivity index (χ2n) is 4.01. The van der Waals surface area contributed by atoms with Crippen LogP contribution in [0.2, 0.25) is 0 Å². The van der Waals surface area contributed by atoms with E-state index in [0.717, 1.165) is 6.07 Å². The van der Waals surface area contributed by atoms with Crippen molar-refractivity contribution < 1.29 is 23.1 Å². The molecule has 0 unspecified atom stereocenters. The molecule has 0 amide bonds. The number of hydrogen-bond donors (Lipinski definition) is 3. The molecule has 0 spiro atoms. The summed E-state index contributed by atoms with van der Waals surface area (Å²) in [7, 11) is -0.618. The molecule has 1 aromatic rings. The van der Waals surface area contributed by atoms with Crippen LogP contribution in [0, 0.1) is 0 Å². The van der Waals surface area contributed by atoms with Crippen LogP contribution < -0.4 is 10.0 Å². The van der Waals surface area contributed by atoms with Crippen molar-refractivity contribution in [3.8, 4) is 0 Å². The molecule has 1 rings (SSSR count). The van der Waals surface area contributed by atoms with Crippen molar-refractivity contribution in [2.45, 2.75) is 11.3 Å². The molecule has 20 heavy (non-hydrogen) atoms. The lowest BCUT2D eigenvalue weighted by Crippen LogP contribution is -2.25. The second-order valence-corrected chi connectivity index (χ2v) is 5.77. The third-order valence-corrected chi connectivity index (χ3v) is 4.08. The number of aromatic carboxylic acids is 1. The minimum atomic E-state index is -3.72. The fraction of sp³-hybridized carbons (Fsp3) is 0.417. The van der Waals surface area contributed by atoms with Crippen molar-refractivity contribution in [2.75, 3.05) is 32.6 Å². The van der Waals surface area contributed by atoms with Gasteiger partial charge in [0.25, 0.3) is 0 Å². The Hall–Kier alpha value is -1.64. The number of carboxylic acids is 1. The first-order chi connectivity index (χ1) is 9.42.